The fraction of sp³-hybridized carbons (Fsp3) is 0.721. The number of aliphatic hydroxyl groups is 1. The van der Waals surface area contributed by atoms with Crippen LogP contribution in [0.15, 0.2) is 24.3 Å². The Morgan fingerprint density at radius 3 is 2.11 bits per heavy atom. The molecule has 0 spiro atoms. The van der Waals surface area contributed by atoms with E-state index in [4.69, 9.17) is 9.47 Å². The van der Waals surface area contributed by atoms with Crippen LogP contribution in [0.1, 0.15) is 99.5 Å². The first-order valence-corrected chi connectivity index (χ1v) is 20.5. The Labute approximate surface area is 340 Å². The molecule has 2 aliphatic heterocycles. The van der Waals surface area contributed by atoms with E-state index in [2.05, 4.69) is 5.32 Å². The number of aliphatic hydroxyl groups excluding tert-OH is 1. The Morgan fingerprint density at radius 2 is 1.53 bits per heavy atom. The second-order valence-electron chi connectivity index (χ2n) is 17.5. The Kier molecular flexibility index (Phi) is 16.9. The molecule has 1 unspecified atom stereocenters. The highest BCUT2D eigenvalue weighted by Gasteiger charge is 2.44. The number of hydrogen-bond donors (Lipinski definition) is 2. The van der Waals surface area contributed by atoms with Crippen molar-refractivity contribution in [2.75, 3.05) is 41.3 Å². The van der Waals surface area contributed by atoms with Crippen molar-refractivity contribution in [3.63, 3.8) is 0 Å². The third kappa shape index (κ3) is 12.2. The second-order valence-corrected chi connectivity index (χ2v) is 17.5. The topological polar surface area (TPSA) is 166 Å². The van der Waals surface area contributed by atoms with Gasteiger partial charge in [-0.1, -0.05) is 67.0 Å². The highest BCUT2D eigenvalue weighted by Crippen LogP contribution is 2.32. The van der Waals surface area contributed by atoms with Crippen molar-refractivity contribution in [3.8, 4) is 5.75 Å². The predicted octanol–water partition coefficient (Wildman–Crippen LogP) is 3.67. The maximum atomic E-state index is 14.5. The molecule has 2 N–H and O–H groups in total. The van der Waals surface area contributed by atoms with Gasteiger partial charge in [0, 0.05) is 47.1 Å². The van der Waals surface area contributed by atoms with Gasteiger partial charge in [0.1, 0.15) is 36.0 Å². The van der Waals surface area contributed by atoms with E-state index in [9.17, 15) is 33.9 Å². The van der Waals surface area contributed by atoms with Gasteiger partial charge in [-0.2, -0.15) is 0 Å². The lowest BCUT2D eigenvalue weighted by molar-refractivity contribution is -0.166. The Balaban J connectivity index is 2.04. The van der Waals surface area contributed by atoms with Crippen molar-refractivity contribution in [2.45, 2.75) is 137 Å². The van der Waals surface area contributed by atoms with Crippen molar-refractivity contribution in [1.29, 1.82) is 0 Å². The Morgan fingerprint density at radius 1 is 0.895 bits per heavy atom. The number of fused-ring (bicyclic) bond motifs is 1. The fourth-order valence-corrected chi connectivity index (χ4v) is 7.72. The quantitative estimate of drug-likeness (QED) is 0.423. The molecule has 2 fully saturated rings. The SMILES string of the molecule is CC[C@H](C)[C@H]1C(=O)N2CCC[C@H]2C(=O)O[C@H](C(C)(C)C)C[C@@H](C)C[C@H](O)[C@H](C)C(=O)N(C)CCC(=O)NC(Cc2ccc(OC)cc2)C(=O)N(C)[C@@H](C)C(=O)N1C. The van der Waals surface area contributed by atoms with Crippen LogP contribution in [0.3, 0.4) is 0 Å². The number of nitrogens with zero attached hydrogens (tertiary/aromatic N) is 4. The van der Waals surface area contributed by atoms with Crippen molar-refractivity contribution in [3.05, 3.63) is 29.8 Å². The molecule has 2 saturated heterocycles. The van der Waals surface area contributed by atoms with Crippen molar-refractivity contribution < 1.29 is 43.3 Å². The Bertz CT molecular complexity index is 1560. The third-order valence-electron chi connectivity index (χ3n) is 12.0. The zero-order chi connectivity index (χ0) is 42.9. The first kappa shape index (κ1) is 47.2. The average molecular weight is 800 g/mol. The van der Waals surface area contributed by atoms with Gasteiger partial charge >= 0.3 is 5.97 Å². The first-order chi connectivity index (χ1) is 26.6. The summed E-state index contributed by atoms with van der Waals surface area (Å²) >= 11 is 0. The third-order valence-corrected chi connectivity index (χ3v) is 12.0. The number of ether oxygens (including phenoxy) is 2. The molecule has 0 aromatic heterocycles. The molecule has 5 amide bonds. The largest absolute Gasteiger partial charge is 0.497 e. The zero-order valence-electron chi connectivity index (χ0n) is 36.4. The van der Waals surface area contributed by atoms with Crippen LogP contribution in [0.5, 0.6) is 5.75 Å². The molecule has 0 bridgehead atoms. The number of esters is 1. The zero-order valence-corrected chi connectivity index (χ0v) is 36.4. The van der Waals surface area contributed by atoms with Crippen LogP contribution in [0.25, 0.3) is 0 Å². The molecule has 1 aromatic carbocycles. The number of hydrogen-bond acceptors (Lipinski definition) is 9. The number of cyclic esters (lactones) is 1. The molecular formula is C43H69N5O9. The summed E-state index contributed by atoms with van der Waals surface area (Å²) in [6.45, 7) is 15.3. The van der Waals surface area contributed by atoms with Crippen LogP contribution in [-0.2, 0) is 39.9 Å². The molecule has 14 nitrogen and oxygen atoms in total. The smallest absolute Gasteiger partial charge is 0.329 e. The van der Waals surface area contributed by atoms with E-state index < -0.39 is 71.4 Å². The van der Waals surface area contributed by atoms with E-state index in [0.29, 0.717) is 38.0 Å². The van der Waals surface area contributed by atoms with Crippen LogP contribution in [0.4, 0.5) is 0 Å². The minimum atomic E-state index is -1.06. The van der Waals surface area contributed by atoms with E-state index in [0.717, 1.165) is 5.56 Å². The number of likely N-dealkylation sites (N-methyl/N-ethyl adjacent to an activating group) is 2. The van der Waals surface area contributed by atoms with E-state index in [1.54, 1.807) is 59.3 Å². The average Bonchev–Trinajstić information content (AvgIpc) is 3.67. The first-order valence-electron chi connectivity index (χ1n) is 20.5. The number of methoxy groups -OCH3 is 1. The van der Waals surface area contributed by atoms with E-state index in [1.165, 1.54) is 26.6 Å². The molecular weight excluding hydrogens is 730 g/mol. The number of amides is 5. The predicted molar refractivity (Wildman–Crippen MR) is 217 cm³/mol. The van der Waals surface area contributed by atoms with Gasteiger partial charge in [-0.3, -0.25) is 24.0 Å². The summed E-state index contributed by atoms with van der Waals surface area (Å²) in [5.41, 5.74) is 0.278. The Hall–Kier alpha value is -4.20. The molecule has 9 atom stereocenters. The summed E-state index contributed by atoms with van der Waals surface area (Å²) in [7, 11) is 6.17. The van der Waals surface area contributed by atoms with Gasteiger partial charge in [0.15, 0.2) is 0 Å². The number of carbonyl (C=O) groups excluding carboxylic acids is 6. The maximum absolute atomic E-state index is 14.5. The molecule has 3 rings (SSSR count). The summed E-state index contributed by atoms with van der Waals surface area (Å²) in [6, 6.07) is 3.26. The summed E-state index contributed by atoms with van der Waals surface area (Å²) in [4.78, 5) is 89.5. The molecule has 320 valence electrons. The number of rotatable bonds is 5. The summed E-state index contributed by atoms with van der Waals surface area (Å²) in [5.74, 6) is -3.20. The summed E-state index contributed by atoms with van der Waals surface area (Å²) in [5, 5.41) is 14.0. The van der Waals surface area contributed by atoms with Gasteiger partial charge in [-0.15, -0.1) is 0 Å². The van der Waals surface area contributed by atoms with Gasteiger partial charge in [0.05, 0.1) is 19.1 Å². The van der Waals surface area contributed by atoms with Gasteiger partial charge in [0.2, 0.25) is 29.5 Å². The number of benzene rings is 1. The van der Waals surface area contributed by atoms with Gasteiger partial charge < -0.3 is 39.5 Å². The molecule has 1 aromatic rings. The molecule has 0 saturated carbocycles. The normalized spacial score (nSPS) is 29.4. The van der Waals surface area contributed by atoms with Crippen LogP contribution in [-0.4, -0.2) is 138 Å². The highest BCUT2D eigenvalue weighted by atomic mass is 16.5. The fourth-order valence-electron chi connectivity index (χ4n) is 7.72. The summed E-state index contributed by atoms with van der Waals surface area (Å²) < 4.78 is 11.5. The molecule has 0 aliphatic carbocycles. The highest BCUT2D eigenvalue weighted by molar-refractivity contribution is 5.95. The molecule has 2 heterocycles. The number of carbonyl (C=O) groups is 6. The molecule has 57 heavy (non-hydrogen) atoms. The van der Waals surface area contributed by atoms with E-state index in [-0.39, 0.29) is 49.5 Å². The second kappa shape index (κ2) is 20.5. The van der Waals surface area contributed by atoms with Crippen LogP contribution in [0.2, 0.25) is 0 Å². The van der Waals surface area contributed by atoms with Crippen molar-refractivity contribution in [1.82, 2.24) is 24.9 Å². The minimum absolute atomic E-state index is 0.0432. The molecule has 0 radical (unpaired) electrons. The lowest BCUT2D eigenvalue weighted by atomic mass is 9.81. The van der Waals surface area contributed by atoms with E-state index >= 15 is 0 Å². The van der Waals surface area contributed by atoms with Crippen LogP contribution < -0.4 is 10.1 Å². The lowest BCUT2D eigenvalue weighted by Crippen LogP contribution is -2.59. The maximum Gasteiger partial charge on any atom is 0.329 e. The van der Waals surface area contributed by atoms with Gasteiger partial charge in [0.25, 0.3) is 0 Å². The lowest BCUT2D eigenvalue weighted by Gasteiger charge is -2.39. The number of nitrogens with one attached hydrogen (secondary N) is 1. The standard InChI is InChI=1S/C43H69N5O9/c1-13-27(3)37-41(54)48-21-14-15-33(48)42(55)57-35(43(6,7)8)24-26(2)23-34(49)28(4)38(51)45(9)22-20-36(50)44-32(25-30-16-18-31(56-12)19-17-30)40(53)46(10)29(5)39(52)47(37)11/h16-19,26-29,32-35,37,49H,13-15,20-25H2,1-12H3,(H,44,50)/t26-,27-,28-,29-,32?,33-,34-,35-,37-/m0/s1. The molecule has 2 aliphatic rings. The minimum Gasteiger partial charge on any atom is -0.497 e. The monoisotopic (exact) mass is 800 g/mol. The van der Waals surface area contributed by atoms with Crippen molar-refractivity contribution >= 4 is 35.5 Å². The van der Waals surface area contributed by atoms with Gasteiger partial charge in [-0.05, 0) is 67.6 Å². The van der Waals surface area contributed by atoms with Crippen LogP contribution >= 0.6 is 0 Å². The van der Waals surface area contributed by atoms with Gasteiger partial charge in [-0.25, -0.2) is 4.79 Å². The molecule has 14 heteroatoms. The van der Waals surface area contributed by atoms with Crippen LogP contribution in [0, 0.1) is 23.2 Å². The summed E-state index contributed by atoms with van der Waals surface area (Å²) in [6.07, 6.45) is 0.763. The van der Waals surface area contributed by atoms with E-state index in [1.807, 2.05) is 41.5 Å². The van der Waals surface area contributed by atoms with Crippen molar-refractivity contribution in [2.24, 2.45) is 23.2 Å².